The number of hydrogen-bond acceptors (Lipinski definition) is 2. The highest BCUT2D eigenvalue weighted by molar-refractivity contribution is 5.27. The molecule has 0 saturated heterocycles. The van der Waals surface area contributed by atoms with Crippen LogP contribution < -0.4 is 0 Å². The van der Waals surface area contributed by atoms with Crippen molar-refractivity contribution in [1.82, 2.24) is 0 Å². The first-order chi connectivity index (χ1) is 10.5. The fourth-order valence-corrected chi connectivity index (χ4v) is 2.86. The molecule has 2 N–H and O–H groups in total. The monoisotopic (exact) mass is 298 g/mol. The van der Waals surface area contributed by atoms with Crippen LogP contribution in [0.3, 0.4) is 0 Å². The highest BCUT2D eigenvalue weighted by Crippen LogP contribution is 2.36. The molecule has 0 spiro atoms. The standard InChI is InChI=1S/C20H26O2/c1-19(15-21,17-9-5-3-6-10-17)13-14-20(2,16-22)18-11-7-4-8-12-18/h3-12,21-22H,13-16H2,1-2H3. The molecular weight excluding hydrogens is 272 g/mol. The molecule has 2 nitrogen and oxygen atoms in total. The molecule has 0 radical (unpaired) electrons. The van der Waals surface area contributed by atoms with Crippen LogP contribution in [0.15, 0.2) is 60.7 Å². The van der Waals surface area contributed by atoms with Gasteiger partial charge in [0.1, 0.15) is 0 Å². The average Bonchev–Trinajstić information content (AvgIpc) is 2.61. The van der Waals surface area contributed by atoms with Crippen LogP contribution >= 0.6 is 0 Å². The highest BCUT2D eigenvalue weighted by atomic mass is 16.3. The largest absolute Gasteiger partial charge is 0.395 e. The molecule has 0 aliphatic carbocycles. The molecule has 0 aliphatic heterocycles. The van der Waals surface area contributed by atoms with Gasteiger partial charge in [0.25, 0.3) is 0 Å². The lowest BCUT2D eigenvalue weighted by molar-refractivity contribution is 0.156. The Hall–Kier alpha value is -1.64. The van der Waals surface area contributed by atoms with E-state index in [2.05, 4.69) is 38.1 Å². The Morgan fingerprint density at radius 2 is 0.955 bits per heavy atom. The number of aliphatic hydroxyl groups is 2. The van der Waals surface area contributed by atoms with E-state index in [0.717, 1.165) is 24.0 Å². The number of hydrogen-bond donors (Lipinski definition) is 2. The zero-order valence-electron chi connectivity index (χ0n) is 13.5. The van der Waals surface area contributed by atoms with Gasteiger partial charge < -0.3 is 10.2 Å². The second-order valence-corrected chi connectivity index (χ2v) is 6.67. The maximum absolute atomic E-state index is 9.92. The summed E-state index contributed by atoms with van der Waals surface area (Å²) in [5, 5.41) is 19.8. The normalized spacial score (nSPS) is 16.7. The van der Waals surface area contributed by atoms with Crippen molar-refractivity contribution in [1.29, 1.82) is 0 Å². The molecule has 2 aromatic rings. The number of rotatable bonds is 7. The fraction of sp³-hybridized carbons (Fsp3) is 0.400. The molecule has 118 valence electrons. The molecule has 0 fully saturated rings. The Labute approximate surface area is 133 Å². The van der Waals surface area contributed by atoms with Gasteiger partial charge in [-0.25, -0.2) is 0 Å². The second kappa shape index (κ2) is 7.08. The summed E-state index contributed by atoms with van der Waals surface area (Å²) in [5.41, 5.74) is 1.72. The van der Waals surface area contributed by atoms with Crippen LogP contribution in [0.5, 0.6) is 0 Å². The van der Waals surface area contributed by atoms with Gasteiger partial charge >= 0.3 is 0 Å². The van der Waals surface area contributed by atoms with E-state index in [9.17, 15) is 10.2 Å². The first-order valence-corrected chi connectivity index (χ1v) is 7.87. The third-order valence-electron chi connectivity index (χ3n) is 4.87. The van der Waals surface area contributed by atoms with Crippen molar-refractivity contribution in [2.24, 2.45) is 0 Å². The van der Waals surface area contributed by atoms with Crippen LogP contribution in [0.2, 0.25) is 0 Å². The number of aliphatic hydroxyl groups excluding tert-OH is 2. The Bertz CT molecular complexity index is 513. The van der Waals surface area contributed by atoms with Crippen molar-refractivity contribution in [3.63, 3.8) is 0 Å². The molecule has 2 aromatic carbocycles. The van der Waals surface area contributed by atoms with Crippen molar-refractivity contribution in [3.05, 3.63) is 71.8 Å². The van der Waals surface area contributed by atoms with Crippen molar-refractivity contribution in [2.75, 3.05) is 13.2 Å². The lowest BCUT2D eigenvalue weighted by Crippen LogP contribution is -2.33. The first kappa shape index (κ1) is 16.7. The topological polar surface area (TPSA) is 40.5 Å². The van der Waals surface area contributed by atoms with Crippen molar-refractivity contribution < 1.29 is 10.2 Å². The molecule has 0 saturated carbocycles. The van der Waals surface area contributed by atoms with Gasteiger partial charge in [-0.3, -0.25) is 0 Å². The van der Waals surface area contributed by atoms with Crippen molar-refractivity contribution in [2.45, 2.75) is 37.5 Å². The summed E-state index contributed by atoms with van der Waals surface area (Å²) in [6.45, 7) is 4.39. The van der Waals surface area contributed by atoms with Crippen LogP contribution in [0.25, 0.3) is 0 Å². The van der Waals surface area contributed by atoms with Crippen LogP contribution in [-0.2, 0) is 10.8 Å². The summed E-state index contributed by atoms with van der Waals surface area (Å²) in [6.07, 6.45) is 1.64. The molecule has 2 unspecified atom stereocenters. The van der Waals surface area contributed by atoms with Gasteiger partial charge in [-0.1, -0.05) is 74.5 Å². The van der Waals surface area contributed by atoms with Gasteiger partial charge in [0.15, 0.2) is 0 Å². The van der Waals surface area contributed by atoms with E-state index in [1.165, 1.54) is 0 Å². The van der Waals surface area contributed by atoms with Crippen LogP contribution in [0.1, 0.15) is 37.8 Å². The van der Waals surface area contributed by atoms with Crippen molar-refractivity contribution >= 4 is 0 Å². The van der Waals surface area contributed by atoms with Gasteiger partial charge in [-0.15, -0.1) is 0 Å². The average molecular weight is 298 g/mol. The minimum atomic E-state index is -0.285. The predicted octanol–water partition coefficient (Wildman–Crippen LogP) is 3.67. The summed E-state index contributed by atoms with van der Waals surface area (Å²) in [4.78, 5) is 0. The lowest BCUT2D eigenvalue weighted by atomic mass is 9.71. The molecule has 0 aliphatic rings. The Morgan fingerprint density at radius 1 is 0.636 bits per heavy atom. The quantitative estimate of drug-likeness (QED) is 0.819. The smallest absolute Gasteiger partial charge is 0.0525 e. The van der Waals surface area contributed by atoms with Gasteiger partial charge in [0.2, 0.25) is 0 Å². The van der Waals surface area contributed by atoms with Gasteiger partial charge in [0.05, 0.1) is 13.2 Å². The summed E-state index contributed by atoms with van der Waals surface area (Å²) >= 11 is 0. The van der Waals surface area contributed by atoms with Gasteiger partial charge in [-0.2, -0.15) is 0 Å². The summed E-state index contributed by atoms with van der Waals surface area (Å²) in [6, 6.07) is 20.3. The van der Waals surface area contributed by atoms with E-state index in [1.54, 1.807) is 0 Å². The molecule has 2 atom stereocenters. The highest BCUT2D eigenvalue weighted by Gasteiger charge is 2.32. The molecule has 0 heterocycles. The minimum absolute atomic E-state index is 0.104. The van der Waals surface area contributed by atoms with E-state index >= 15 is 0 Å². The van der Waals surface area contributed by atoms with Crippen LogP contribution in [0, 0.1) is 0 Å². The second-order valence-electron chi connectivity index (χ2n) is 6.67. The van der Waals surface area contributed by atoms with Gasteiger partial charge in [0, 0.05) is 10.8 Å². The third kappa shape index (κ3) is 3.57. The Morgan fingerprint density at radius 3 is 1.23 bits per heavy atom. The maximum Gasteiger partial charge on any atom is 0.0525 e. The molecule has 0 bridgehead atoms. The minimum Gasteiger partial charge on any atom is -0.395 e. The maximum atomic E-state index is 9.92. The van der Waals surface area contributed by atoms with E-state index in [1.807, 2.05) is 36.4 Å². The molecule has 2 heteroatoms. The SMILES string of the molecule is CC(CO)(CCC(C)(CO)c1ccccc1)c1ccccc1. The van der Waals surface area contributed by atoms with Crippen molar-refractivity contribution in [3.8, 4) is 0 Å². The summed E-state index contributed by atoms with van der Waals surface area (Å²) < 4.78 is 0. The molecule has 2 rings (SSSR count). The van der Waals surface area contributed by atoms with E-state index < -0.39 is 0 Å². The lowest BCUT2D eigenvalue weighted by Gasteiger charge is -2.34. The van der Waals surface area contributed by atoms with Gasteiger partial charge in [-0.05, 0) is 24.0 Å². The van der Waals surface area contributed by atoms with Crippen LogP contribution in [-0.4, -0.2) is 23.4 Å². The molecule has 0 aromatic heterocycles. The predicted molar refractivity (Wildman–Crippen MR) is 91.0 cm³/mol. The Balaban J connectivity index is 2.18. The zero-order valence-corrected chi connectivity index (χ0v) is 13.5. The third-order valence-corrected chi connectivity index (χ3v) is 4.87. The fourth-order valence-electron chi connectivity index (χ4n) is 2.86. The molecule has 0 amide bonds. The molecular formula is C20H26O2. The number of benzene rings is 2. The summed E-state index contributed by atoms with van der Waals surface area (Å²) in [7, 11) is 0. The first-order valence-electron chi connectivity index (χ1n) is 7.87. The Kier molecular flexibility index (Phi) is 5.38. The van der Waals surface area contributed by atoms with E-state index in [0.29, 0.717) is 0 Å². The summed E-state index contributed by atoms with van der Waals surface area (Å²) in [5.74, 6) is 0. The van der Waals surface area contributed by atoms with E-state index in [-0.39, 0.29) is 24.0 Å². The van der Waals surface area contributed by atoms with Crippen LogP contribution in [0.4, 0.5) is 0 Å². The zero-order chi connectivity index (χ0) is 16.1. The molecule has 22 heavy (non-hydrogen) atoms. The van der Waals surface area contributed by atoms with E-state index in [4.69, 9.17) is 0 Å².